The minimum atomic E-state index is 0. The van der Waals surface area contributed by atoms with Crippen LogP contribution in [0, 0.1) is 0 Å². The predicted molar refractivity (Wildman–Crippen MR) is 213 cm³/mol. The van der Waals surface area contributed by atoms with Gasteiger partial charge in [0, 0.05) is 41.7 Å². The van der Waals surface area contributed by atoms with Crippen LogP contribution < -0.4 is 60.9 Å². The molecular formula is C43H60KN5O2. The van der Waals surface area contributed by atoms with Crippen LogP contribution >= 0.6 is 0 Å². The summed E-state index contributed by atoms with van der Waals surface area (Å²) in [4.78, 5) is 11.7. The molecule has 5 rings (SSSR count). The Balaban J connectivity index is 0.000000725. The van der Waals surface area contributed by atoms with E-state index in [-0.39, 0.29) is 51.4 Å². The van der Waals surface area contributed by atoms with E-state index in [1.54, 1.807) is 0 Å². The predicted octanol–water partition coefficient (Wildman–Crippen LogP) is 7.34. The summed E-state index contributed by atoms with van der Waals surface area (Å²) in [6.45, 7) is 16.4. The SMILES string of the molecule is C/C=C\N=C(C)CC.CC.CCc1ccc(CCOc2ccc(-c3cn(-c4ccc(OCC[N-]C)cc4)c(C4CCN(C)CC4)n3)cc2)cc1.[K+]. The third-order valence-electron chi connectivity index (χ3n) is 8.71. The molecule has 0 spiro atoms. The number of aliphatic imine (C=N–C) groups is 1. The Kier molecular flexibility index (Phi) is 22.2. The van der Waals surface area contributed by atoms with Gasteiger partial charge >= 0.3 is 51.4 Å². The molecular weight excluding hydrogens is 658 g/mol. The van der Waals surface area contributed by atoms with E-state index in [0.29, 0.717) is 25.7 Å². The number of imidazole rings is 1. The van der Waals surface area contributed by atoms with Crippen LogP contribution in [0.2, 0.25) is 0 Å². The Hall–Kier alpha value is -2.56. The Morgan fingerprint density at radius 1 is 0.882 bits per heavy atom. The van der Waals surface area contributed by atoms with Crippen molar-refractivity contribution in [1.82, 2.24) is 14.5 Å². The second kappa shape index (κ2) is 25.4. The van der Waals surface area contributed by atoms with Crippen molar-refractivity contribution in [2.45, 2.75) is 79.6 Å². The van der Waals surface area contributed by atoms with Gasteiger partial charge in [-0.2, -0.15) is 7.05 Å². The van der Waals surface area contributed by atoms with Gasteiger partial charge in [-0.25, -0.2) is 4.98 Å². The number of rotatable bonds is 14. The molecule has 1 fully saturated rings. The number of nitrogens with zero attached hydrogens (tertiary/aromatic N) is 5. The molecule has 1 aliphatic rings. The average Bonchev–Trinajstić information content (AvgIpc) is 3.62. The topological polar surface area (TPSA) is 66.0 Å². The summed E-state index contributed by atoms with van der Waals surface area (Å²) in [5.74, 6) is 3.31. The molecule has 0 saturated carbocycles. The van der Waals surface area contributed by atoms with E-state index in [1.165, 1.54) is 16.8 Å². The standard InChI is InChI=1S/C34H41N4O2.C7H13N.C2H6.K/c1-4-26-5-7-27(8-6-26)19-23-39-31-13-9-28(10-14-31)33-25-38(34(36-33)29-17-21-37(3)22-18-29)30-11-15-32(16-12-30)40-24-20-35-2;1-4-6-8-7(3)5-2;1-2;/h5-16,25,29H,4,17-24H2,1-3H3;4,6H,5H2,1-3H3;1-2H3;/q-1;;;+1/b;6-4-,8-7?;;. The first-order chi connectivity index (χ1) is 24.4. The van der Waals surface area contributed by atoms with Gasteiger partial charge in [0.25, 0.3) is 0 Å². The smallest absolute Gasteiger partial charge is 0.662 e. The van der Waals surface area contributed by atoms with Crippen LogP contribution in [0.25, 0.3) is 22.3 Å². The van der Waals surface area contributed by atoms with Gasteiger partial charge in [0.05, 0.1) is 18.9 Å². The van der Waals surface area contributed by atoms with Crippen molar-refractivity contribution in [2.24, 2.45) is 4.99 Å². The van der Waals surface area contributed by atoms with E-state index < -0.39 is 0 Å². The summed E-state index contributed by atoms with van der Waals surface area (Å²) >= 11 is 0. The molecule has 0 aliphatic carbocycles. The van der Waals surface area contributed by atoms with Crippen molar-refractivity contribution in [3.63, 3.8) is 0 Å². The van der Waals surface area contributed by atoms with Gasteiger partial charge in [-0.3, -0.25) is 4.99 Å². The first-order valence-corrected chi connectivity index (χ1v) is 18.5. The van der Waals surface area contributed by atoms with Crippen LogP contribution in [0.15, 0.2) is 96.3 Å². The quantitative estimate of drug-likeness (QED) is 0.0779. The first kappa shape index (κ1) is 44.6. The maximum Gasteiger partial charge on any atom is 1.00 e. The largest absolute Gasteiger partial charge is 1.00 e. The van der Waals surface area contributed by atoms with Crippen LogP contribution in [0.4, 0.5) is 0 Å². The number of hydrogen-bond donors (Lipinski definition) is 0. The summed E-state index contributed by atoms with van der Waals surface area (Å²) in [6, 6.07) is 25.5. The third kappa shape index (κ3) is 15.1. The zero-order chi connectivity index (χ0) is 36.1. The van der Waals surface area contributed by atoms with E-state index in [2.05, 4.69) is 108 Å². The second-order valence-electron chi connectivity index (χ2n) is 12.3. The fraction of sp³-hybridized carbons (Fsp3) is 0.442. The number of hydrogen-bond acceptors (Lipinski definition) is 5. The number of allylic oxidation sites excluding steroid dienone is 1. The molecule has 4 aromatic rings. The Labute approximate surface area is 351 Å². The van der Waals surface area contributed by atoms with Crippen molar-refractivity contribution < 1.29 is 60.9 Å². The van der Waals surface area contributed by atoms with Gasteiger partial charge in [-0.05, 0) is 119 Å². The molecule has 1 aromatic heterocycles. The molecule has 0 amide bonds. The molecule has 270 valence electrons. The summed E-state index contributed by atoms with van der Waals surface area (Å²) in [7, 11) is 4.01. The van der Waals surface area contributed by atoms with Crippen LogP contribution in [-0.4, -0.2) is 67.1 Å². The van der Waals surface area contributed by atoms with Crippen LogP contribution in [0.3, 0.4) is 0 Å². The molecule has 1 aliphatic heterocycles. The van der Waals surface area contributed by atoms with Gasteiger partial charge in [0.15, 0.2) is 0 Å². The van der Waals surface area contributed by atoms with Gasteiger partial charge in [-0.15, -0.1) is 6.54 Å². The number of ether oxygens (including phenoxy) is 2. The minimum Gasteiger partial charge on any atom is -0.662 e. The molecule has 3 aromatic carbocycles. The number of likely N-dealkylation sites (tertiary alicyclic amines) is 1. The van der Waals surface area contributed by atoms with Gasteiger partial charge in [0.2, 0.25) is 0 Å². The number of piperidine rings is 1. The van der Waals surface area contributed by atoms with Crippen molar-refractivity contribution >= 4 is 5.71 Å². The molecule has 51 heavy (non-hydrogen) atoms. The number of likely N-dealkylation sites (N-methyl/N-ethyl adjacent to an activating group) is 1. The fourth-order valence-electron chi connectivity index (χ4n) is 5.50. The second-order valence-corrected chi connectivity index (χ2v) is 12.3. The maximum absolute atomic E-state index is 6.06. The van der Waals surface area contributed by atoms with Crippen LogP contribution in [-0.2, 0) is 12.8 Å². The Bertz CT molecular complexity index is 1560. The molecule has 2 heterocycles. The number of benzene rings is 3. The number of aromatic nitrogens is 2. The Morgan fingerprint density at radius 2 is 1.47 bits per heavy atom. The Morgan fingerprint density at radius 3 is 2.04 bits per heavy atom. The van der Waals surface area contributed by atoms with E-state index >= 15 is 0 Å². The summed E-state index contributed by atoms with van der Waals surface area (Å²) in [6.07, 6.45) is 11.2. The van der Waals surface area contributed by atoms with Crippen molar-refractivity contribution in [1.29, 1.82) is 0 Å². The summed E-state index contributed by atoms with van der Waals surface area (Å²) in [5.41, 5.74) is 7.04. The fourth-order valence-corrected chi connectivity index (χ4v) is 5.50. The molecule has 0 atom stereocenters. The van der Waals surface area contributed by atoms with Gasteiger partial charge < -0.3 is 24.3 Å². The summed E-state index contributed by atoms with van der Waals surface area (Å²) in [5, 5.41) is 4.11. The molecule has 8 heteroatoms. The zero-order valence-corrected chi connectivity index (χ0v) is 36.0. The normalized spacial score (nSPS) is 13.5. The molecule has 0 N–H and O–H groups in total. The minimum absolute atomic E-state index is 0. The maximum atomic E-state index is 6.06. The third-order valence-corrected chi connectivity index (χ3v) is 8.71. The average molecular weight is 718 g/mol. The molecule has 7 nitrogen and oxygen atoms in total. The molecule has 1 saturated heterocycles. The van der Waals surface area contributed by atoms with E-state index in [4.69, 9.17) is 14.5 Å². The van der Waals surface area contributed by atoms with E-state index in [0.717, 1.165) is 79.5 Å². The monoisotopic (exact) mass is 717 g/mol. The van der Waals surface area contributed by atoms with Crippen molar-refractivity contribution in [2.75, 3.05) is 46.9 Å². The van der Waals surface area contributed by atoms with Crippen molar-refractivity contribution in [3.8, 4) is 28.4 Å². The molecule has 0 unspecified atom stereocenters. The van der Waals surface area contributed by atoms with E-state index in [1.807, 2.05) is 59.2 Å². The first-order valence-electron chi connectivity index (χ1n) is 18.5. The van der Waals surface area contributed by atoms with Crippen LogP contribution in [0.1, 0.15) is 83.7 Å². The zero-order valence-electron chi connectivity index (χ0n) is 32.9. The van der Waals surface area contributed by atoms with Gasteiger partial charge in [0.1, 0.15) is 17.3 Å². The van der Waals surface area contributed by atoms with Crippen LogP contribution in [0.5, 0.6) is 11.5 Å². The van der Waals surface area contributed by atoms with Crippen molar-refractivity contribution in [3.05, 3.63) is 114 Å². The summed E-state index contributed by atoms with van der Waals surface area (Å²) < 4.78 is 14.1. The number of aryl methyl sites for hydroxylation is 1. The van der Waals surface area contributed by atoms with Gasteiger partial charge in [-0.1, -0.05) is 58.0 Å². The van der Waals surface area contributed by atoms with E-state index in [9.17, 15) is 0 Å². The molecule has 0 radical (unpaired) electrons. The molecule has 0 bridgehead atoms.